The zero-order valence-electron chi connectivity index (χ0n) is 20.9. The van der Waals surface area contributed by atoms with Crippen LogP contribution < -0.4 is 0 Å². The number of aromatic hydroxyl groups is 4. The van der Waals surface area contributed by atoms with E-state index >= 15 is 0 Å². The van der Waals surface area contributed by atoms with E-state index in [0.717, 1.165) is 44.3 Å². The quantitative estimate of drug-likeness (QED) is 0.213. The van der Waals surface area contributed by atoms with Gasteiger partial charge in [0, 0.05) is 58.4 Å². The van der Waals surface area contributed by atoms with E-state index in [9.17, 15) is 20.4 Å². The van der Waals surface area contributed by atoms with Gasteiger partial charge in [-0.25, -0.2) is 0 Å². The van der Waals surface area contributed by atoms with Crippen LogP contribution in [0.3, 0.4) is 0 Å². The Bertz CT molecular complexity index is 1770. The Morgan fingerprint density at radius 2 is 0.921 bits per heavy atom. The molecule has 0 bridgehead atoms. The van der Waals surface area contributed by atoms with Crippen LogP contribution >= 0.6 is 0 Å². The van der Waals surface area contributed by atoms with E-state index in [1.54, 1.807) is 12.1 Å². The van der Waals surface area contributed by atoms with Crippen LogP contribution in [0.1, 0.15) is 45.5 Å². The number of benzene rings is 4. The highest BCUT2D eigenvalue weighted by atomic mass is 16.3. The second kappa shape index (κ2) is 7.83. The van der Waals surface area contributed by atoms with Crippen LogP contribution in [0.4, 0.5) is 0 Å². The number of phenols is 4. The summed E-state index contributed by atoms with van der Waals surface area (Å²) in [5.41, 5.74) is 7.16. The fourth-order valence-corrected chi connectivity index (χ4v) is 6.61. The molecule has 6 aromatic rings. The molecule has 6 heteroatoms. The van der Waals surface area contributed by atoms with Gasteiger partial charge in [0.1, 0.15) is 23.0 Å². The summed E-state index contributed by atoms with van der Waals surface area (Å²) in [7, 11) is 4.03. The normalized spacial score (nSPS) is 16.6. The number of fused-ring (bicyclic) bond motifs is 6. The number of nitrogens with zero attached hydrogens (tertiary/aromatic N) is 2. The molecule has 2 atom stereocenters. The second-order valence-corrected chi connectivity index (χ2v) is 10.1. The van der Waals surface area contributed by atoms with Crippen molar-refractivity contribution in [3.63, 3.8) is 0 Å². The lowest BCUT2D eigenvalue weighted by Crippen LogP contribution is -2.22. The molecule has 6 nitrogen and oxygen atoms in total. The van der Waals surface area contributed by atoms with Gasteiger partial charge in [0.15, 0.2) is 0 Å². The van der Waals surface area contributed by atoms with Gasteiger partial charge in [-0.2, -0.15) is 0 Å². The molecule has 4 aromatic carbocycles. The Balaban J connectivity index is 1.72. The lowest BCUT2D eigenvalue weighted by molar-refractivity contribution is 0.449. The van der Waals surface area contributed by atoms with E-state index in [2.05, 4.69) is 33.4 Å². The first-order chi connectivity index (χ1) is 18.4. The standard InChI is InChI=1S/C32H26N2O4/c1-33-23-9-5-3-7-19(23)27-30(22-16-18(36)12-14-26(22)38)32-28(20-8-4-6-10-24(20)34(32)2)29(31(27)33)21-15-17(35)11-13-25(21)37/h3-16,29-30,35-38H,1-2H3. The molecule has 0 aliphatic heterocycles. The average molecular weight is 503 g/mol. The number of aromatic nitrogens is 2. The van der Waals surface area contributed by atoms with Crippen LogP contribution in [0.25, 0.3) is 21.8 Å². The molecule has 2 heterocycles. The van der Waals surface area contributed by atoms with E-state index in [4.69, 9.17) is 0 Å². The highest BCUT2D eigenvalue weighted by Gasteiger charge is 2.43. The average Bonchev–Trinajstić information content (AvgIpc) is 3.38. The first-order valence-electron chi connectivity index (χ1n) is 12.5. The summed E-state index contributed by atoms with van der Waals surface area (Å²) < 4.78 is 4.30. The van der Waals surface area contributed by atoms with Crippen molar-refractivity contribution in [1.29, 1.82) is 0 Å². The SMILES string of the molecule is Cn1c2c(c3ccccc31)C(c1cc(O)ccc1O)c1c(c3ccccc3n1C)C2c1cc(O)ccc1O. The predicted molar refractivity (Wildman–Crippen MR) is 147 cm³/mol. The Kier molecular flexibility index (Phi) is 4.61. The lowest BCUT2D eigenvalue weighted by Gasteiger charge is -2.33. The first kappa shape index (κ1) is 22.4. The summed E-state index contributed by atoms with van der Waals surface area (Å²) in [4.78, 5) is 0. The Hall–Kier alpha value is -4.84. The topological polar surface area (TPSA) is 90.8 Å². The maximum atomic E-state index is 11.1. The van der Waals surface area contributed by atoms with Crippen molar-refractivity contribution in [2.45, 2.75) is 11.8 Å². The van der Waals surface area contributed by atoms with E-state index in [1.807, 2.05) is 38.4 Å². The Morgan fingerprint density at radius 3 is 1.34 bits per heavy atom. The predicted octanol–water partition coefficient (Wildman–Crippen LogP) is 6.17. The molecule has 0 saturated carbocycles. The number of phenolic OH excluding ortho intramolecular Hbond substituents is 4. The fourth-order valence-electron chi connectivity index (χ4n) is 6.61. The zero-order chi connectivity index (χ0) is 26.3. The van der Waals surface area contributed by atoms with Gasteiger partial charge in [-0.1, -0.05) is 36.4 Å². The molecular weight excluding hydrogens is 476 g/mol. The summed E-state index contributed by atoms with van der Waals surface area (Å²) in [6.07, 6.45) is 0. The molecule has 38 heavy (non-hydrogen) atoms. The van der Waals surface area contributed by atoms with Gasteiger partial charge in [0.2, 0.25) is 0 Å². The van der Waals surface area contributed by atoms with Crippen LogP contribution in [0.2, 0.25) is 0 Å². The van der Waals surface area contributed by atoms with Crippen molar-refractivity contribution in [2.24, 2.45) is 14.1 Å². The van der Waals surface area contributed by atoms with Gasteiger partial charge in [0.25, 0.3) is 0 Å². The van der Waals surface area contributed by atoms with Crippen LogP contribution in [0, 0.1) is 0 Å². The minimum absolute atomic E-state index is 0.0765. The van der Waals surface area contributed by atoms with E-state index in [1.165, 1.54) is 24.3 Å². The van der Waals surface area contributed by atoms with Crippen molar-refractivity contribution in [1.82, 2.24) is 9.13 Å². The number of hydrogen-bond donors (Lipinski definition) is 4. The van der Waals surface area contributed by atoms with Crippen molar-refractivity contribution in [2.75, 3.05) is 0 Å². The molecule has 1 aliphatic carbocycles. The highest BCUT2D eigenvalue weighted by Crippen LogP contribution is 2.56. The molecule has 0 radical (unpaired) electrons. The molecule has 7 rings (SSSR count). The summed E-state index contributed by atoms with van der Waals surface area (Å²) >= 11 is 0. The largest absolute Gasteiger partial charge is 0.508 e. The zero-order valence-corrected chi connectivity index (χ0v) is 20.9. The molecule has 2 unspecified atom stereocenters. The molecule has 0 amide bonds. The summed E-state index contributed by atoms with van der Waals surface area (Å²) in [6, 6.07) is 25.6. The van der Waals surface area contributed by atoms with Crippen molar-refractivity contribution in [3.8, 4) is 23.0 Å². The van der Waals surface area contributed by atoms with Gasteiger partial charge < -0.3 is 29.6 Å². The molecule has 188 valence electrons. The molecule has 1 aliphatic rings. The van der Waals surface area contributed by atoms with Gasteiger partial charge in [-0.05, 0) is 59.7 Å². The van der Waals surface area contributed by atoms with E-state index in [-0.39, 0.29) is 23.0 Å². The second-order valence-electron chi connectivity index (χ2n) is 10.1. The van der Waals surface area contributed by atoms with Crippen LogP contribution in [0.5, 0.6) is 23.0 Å². The van der Waals surface area contributed by atoms with E-state index < -0.39 is 11.8 Å². The first-order valence-corrected chi connectivity index (χ1v) is 12.5. The van der Waals surface area contributed by atoms with Crippen molar-refractivity contribution in [3.05, 3.63) is 119 Å². The summed E-state index contributed by atoms with van der Waals surface area (Å²) in [6.45, 7) is 0. The summed E-state index contributed by atoms with van der Waals surface area (Å²) in [5, 5.41) is 45.4. The van der Waals surface area contributed by atoms with Gasteiger partial charge >= 0.3 is 0 Å². The van der Waals surface area contributed by atoms with Gasteiger partial charge in [0.05, 0.1) is 11.8 Å². The van der Waals surface area contributed by atoms with Gasteiger partial charge in [-0.15, -0.1) is 0 Å². The van der Waals surface area contributed by atoms with Crippen LogP contribution in [0.15, 0.2) is 84.9 Å². The fraction of sp³-hybridized carbons (Fsp3) is 0.125. The van der Waals surface area contributed by atoms with Crippen LogP contribution in [-0.4, -0.2) is 29.6 Å². The molecule has 0 fully saturated rings. The van der Waals surface area contributed by atoms with E-state index in [0.29, 0.717) is 11.1 Å². The Labute approximate surface area is 218 Å². The smallest absolute Gasteiger partial charge is 0.120 e. The number of hydrogen-bond acceptors (Lipinski definition) is 4. The maximum Gasteiger partial charge on any atom is 0.120 e. The molecule has 2 aromatic heterocycles. The van der Waals surface area contributed by atoms with Gasteiger partial charge in [-0.3, -0.25) is 0 Å². The minimum Gasteiger partial charge on any atom is -0.508 e. The maximum absolute atomic E-state index is 11.1. The third kappa shape index (κ3) is 2.88. The third-order valence-corrected chi connectivity index (χ3v) is 8.15. The summed E-state index contributed by atoms with van der Waals surface area (Å²) in [5.74, 6) is -0.444. The Morgan fingerprint density at radius 1 is 0.526 bits per heavy atom. The van der Waals surface area contributed by atoms with Crippen molar-refractivity contribution >= 4 is 21.8 Å². The molecule has 4 N–H and O–H groups in total. The third-order valence-electron chi connectivity index (χ3n) is 8.15. The minimum atomic E-state index is -0.397. The number of aryl methyl sites for hydroxylation is 2. The number of rotatable bonds is 2. The molecular formula is C32H26N2O4. The lowest BCUT2D eigenvalue weighted by atomic mass is 9.72. The van der Waals surface area contributed by atoms with Crippen molar-refractivity contribution < 1.29 is 20.4 Å². The monoisotopic (exact) mass is 502 g/mol. The highest BCUT2D eigenvalue weighted by molar-refractivity contribution is 5.94. The van der Waals surface area contributed by atoms with Crippen LogP contribution in [-0.2, 0) is 14.1 Å². The molecule has 0 spiro atoms. The number of para-hydroxylation sites is 2. The molecule has 0 saturated heterocycles.